The summed E-state index contributed by atoms with van der Waals surface area (Å²) in [7, 11) is 3.19. The first kappa shape index (κ1) is 42.9. The number of carboxylic acids is 1. The molecule has 4 rings (SSSR count). The van der Waals surface area contributed by atoms with Gasteiger partial charge < -0.3 is 34.3 Å². The Hall–Kier alpha value is -4.83. The van der Waals surface area contributed by atoms with E-state index in [4.69, 9.17) is 18.9 Å². The normalized spacial score (nSPS) is 11.4. The van der Waals surface area contributed by atoms with Gasteiger partial charge in [0, 0.05) is 24.1 Å². The molecule has 55 heavy (non-hydrogen) atoms. The highest BCUT2D eigenvalue weighted by molar-refractivity contribution is 5.94. The van der Waals surface area contributed by atoms with Crippen LogP contribution in [-0.2, 0) is 11.4 Å². The van der Waals surface area contributed by atoms with E-state index in [1.165, 1.54) is 89.5 Å². The highest BCUT2D eigenvalue weighted by Crippen LogP contribution is 2.41. The van der Waals surface area contributed by atoms with Gasteiger partial charge in [-0.2, -0.15) is 0 Å². The van der Waals surface area contributed by atoms with Crippen molar-refractivity contribution in [1.29, 1.82) is 0 Å². The number of nitrogens with zero attached hydrogens (tertiary/aromatic N) is 3. The predicted molar refractivity (Wildman–Crippen MR) is 223 cm³/mol. The van der Waals surface area contributed by atoms with Gasteiger partial charge in [0.15, 0.2) is 23.0 Å². The van der Waals surface area contributed by atoms with Crippen LogP contribution in [0.4, 0.5) is 11.5 Å². The molecule has 4 aromatic rings. The molecule has 298 valence electrons. The van der Waals surface area contributed by atoms with E-state index < -0.39 is 5.97 Å². The van der Waals surface area contributed by atoms with Crippen molar-refractivity contribution >= 4 is 34.5 Å². The van der Waals surface area contributed by atoms with Crippen molar-refractivity contribution in [3.8, 4) is 23.0 Å². The molecule has 10 heteroatoms. The van der Waals surface area contributed by atoms with E-state index in [1.807, 2.05) is 42.5 Å². The highest BCUT2D eigenvalue weighted by atomic mass is 16.5. The highest BCUT2D eigenvalue weighted by Gasteiger charge is 2.18. The van der Waals surface area contributed by atoms with Crippen LogP contribution in [0.2, 0.25) is 0 Å². The SMILES string of the molecule is CCCCCCCCN(CCCCCCCC)CCCOc1cc2c(Nc3cc(/C=C/C(=O)O)cc(OC)c3OCc3ccccc3)ncnc2cc1OC. The third-order valence-corrected chi connectivity index (χ3v) is 9.65. The molecule has 1 heterocycles. The van der Waals surface area contributed by atoms with Gasteiger partial charge in [-0.05, 0) is 67.8 Å². The first-order valence-electron chi connectivity index (χ1n) is 20.2. The van der Waals surface area contributed by atoms with E-state index in [2.05, 4.69) is 34.0 Å². The van der Waals surface area contributed by atoms with E-state index in [9.17, 15) is 9.90 Å². The van der Waals surface area contributed by atoms with Crippen LogP contribution in [0, 0.1) is 0 Å². The summed E-state index contributed by atoms with van der Waals surface area (Å²) in [5.74, 6) is 1.58. The molecule has 0 radical (unpaired) electrons. The van der Waals surface area contributed by atoms with Gasteiger partial charge in [-0.1, -0.05) is 108 Å². The summed E-state index contributed by atoms with van der Waals surface area (Å²) in [6.07, 6.45) is 20.6. The number of fused-ring (bicyclic) bond motifs is 1. The van der Waals surface area contributed by atoms with E-state index in [0.717, 1.165) is 43.1 Å². The Morgan fingerprint density at radius 3 is 2.05 bits per heavy atom. The third-order valence-electron chi connectivity index (χ3n) is 9.65. The van der Waals surface area contributed by atoms with Crippen molar-refractivity contribution in [2.75, 3.05) is 45.8 Å². The predicted octanol–water partition coefficient (Wildman–Crippen LogP) is 10.9. The Morgan fingerprint density at radius 1 is 0.745 bits per heavy atom. The monoisotopic (exact) mass is 754 g/mol. The second-order valence-electron chi connectivity index (χ2n) is 14.0. The smallest absolute Gasteiger partial charge is 0.328 e. The Labute approximate surface area is 328 Å². The molecule has 2 N–H and O–H groups in total. The van der Waals surface area contributed by atoms with Gasteiger partial charge in [0.1, 0.15) is 18.8 Å². The summed E-state index contributed by atoms with van der Waals surface area (Å²) < 4.78 is 24.2. The zero-order valence-electron chi connectivity index (χ0n) is 33.5. The van der Waals surface area contributed by atoms with Gasteiger partial charge in [-0.25, -0.2) is 14.8 Å². The number of hydrogen-bond donors (Lipinski definition) is 2. The minimum atomic E-state index is -1.05. The summed E-state index contributed by atoms with van der Waals surface area (Å²) in [6, 6.07) is 17.2. The summed E-state index contributed by atoms with van der Waals surface area (Å²) in [5, 5.41) is 13.5. The van der Waals surface area contributed by atoms with Gasteiger partial charge in [-0.15, -0.1) is 0 Å². The van der Waals surface area contributed by atoms with Crippen molar-refractivity contribution in [3.63, 3.8) is 0 Å². The van der Waals surface area contributed by atoms with Crippen LogP contribution in [0.3, 0.4) is 0 Å². The van der Waals surface area contributed by atoms with Crippen LogP contribution in [-0.4, -0.2) is 66.4 Å². The lowest BCUT2D eigenvalue weighted by Gasteiger charge is -2.22. The molecule has 0 amide bonds. The fourth-order valence-corrected chi connectivity index (χ4v) is 6.61. The van der Waals surface area contributed by atoms with Crippen LogP contribution in [0.25, 0.3) is 17.0 Å². The molecule has 0 unspecified atom stereocenters. The third kappa shape index (κ3) is 14.7. The number of aliphatic carboxylic acids is 1. The molecular formula is C45H62N4O6. The summed E-state index contributed by atoms with van der Waals surface area (Å²) in [6.45, 7) is 8.66. The van der Waals surface area contributed by atoms with Crippen LogP contribution in [0.15, 0.2) is 67.0 Å². The molecule has 0 saturated carbocycles. The van der Waals surface area contributed by atoms with Crippen LogP contribution < -0.4 is 24.3 Å². The van der Waals surface area contributed by atoms with Crippen LogP contribution in [0.5, 0.6) is 23.0 Å². The largest absolute Gasteiger partial charge is 0.493 e. The first-order valence-corrected chi connectivity index (χ1v) is 20.2. The zero-order valence-corrected chi connectivity index (χ0v) is 33.5. The zero-order chi connectivity index (χ0) is 39.1. The number of anilines is 2. The number of hydrogen-bond acceptors (Lipinski definition) is 9. The number of nitrogens with one attached hydrogen (secondary N) is 1. The minimum Gasteiger partial charge on any atom is -0.493 e. The van der Waals surface area contributed by atoms with Gasteiger partial charge in [0.2, 0.25) is 0 Å². The number of aromatic nitrogens is 2. The summed E-state index contributed by atoms with van der Waals surface area (Å²) in [5.41, 5.74) is 2.82. The quantitative estimate of drug-likeness (QED) is 0.0429. The lowest BCUT2D eigenvalue weighted by Crippen LogP contribution is -2.28. The number of benzene rings is 3. The summed E-state index contributed by atoms with van der Waals surface area (Å²) in [4.78, 5) is 23.1. The fourth-order valence-electron chi connectivity index (χ4n) is 6.61. The molecule has 0 aliphatic heterocycles. The lowest BCUT2D eigenvalue weighted by molar-refractivity contribution is -0.131. The molecule has 0 bridgehead atoms. The first-order chi connectivity index (χ1) is 26.9. The van der Waals surface area contributed by atoms with Crippen molar-refractivity contribution < 1.29 is 28.8 Å². The summed E-state index contributed by atoms with van der Waals surface area (Å²) >= 11 is 0. The second-order valence-corrected chi connectivity index (χ2v) is 14.0. The molecule has 10 nitrogen and oxygen atoms in total. The number of carbonyl (C=O) groups is 1. The van der Waals surface area contributed by atoms with E-state index in [1.54, 1.807) is 26.4 Å². The van der Waals surface area contributed by atoms with Gasteiger partial charge in [-0.3, -0.25) is 0 Å². The van der Waals surface area contributed by atoms with Crippen molar-refractivity contribution in [2.24, 2.45) is 0 Å². The van der Waals surface area contributed by atoms with E-state index in [0.29, 0.717) is 58.8 Å². The van der Waals surface area contributed by atoms with Gasteiger partial charge in [0.25, 0.3) is 0 Å². The number of rotatable bonds is 28. The van der Waals surface area contributed by atoms with Crippen molar-refractivity contribution in [1.82, 2.24) is 14.9 Å². The van der Waals surface area contributed by atoms with Gasteiger partial charge in [0.05, 0.1) is 32.0 Å². The molecule has 0 aliphatic carbocycles. The number of ether oxygens (including phenoxy) is 4. The van der Waals surface area contributed by atoms with Crippen LogP contribution in [0.1, 0.15) is 108 Å². The number of carboxylic acid groups (broad SMARTS) is 1. The molecule has 0 fully saturated rings. The maximum absolute atomic E-state index is 11.4. The fraction of sp³-hybridized carbons (Fsp3) is 0.489. The second kappa shape index (κ2) is 24.6. The Bertz CT molecular complexity index is 1730. The Kier molecular flexibility index (Phi) is 19.2. The minimum absolute atomic E-state index is 0.297. The molecule has 3 aromatic carbocycles. The van der Waals surface area contributed by atoms with E-state index >= 15 is 0 Å². The number of methoxy groups -OCH3 is 2. The van der Waals surface area contributed by atoms with Crippen molar-refractivity contribution in [3.05, 3.63) is 78.1 Å². The molecule has 0 spiro atoms. The topological polar surface area (TPSA) is 115 Å². The average Bonchev–Trinajstić information content (AvgIpc) is 3.20. The maximum Gasteiger partial charge on any atom is 0.328 e. The Morgan fingerprint density at radius 2 is 1.40 bits per heavy atom. The van der Waals surface area contributed by atoms with Gasteiger partial charge >= 0.3 is 5.97 Å². The molecule has 0 atom stereocenters. The average molecular weight is 755 g/mol. The molecule has 0 saturated heterocycles. The van der Waals surface area contributed by atoms with E-state index in [-0.39, 0.29) is 0 Å². The standard InChI is InChI=1S/C45H62N4O6/c1-5-7-9-11-13-18-25-49(26-19-14-12-10-8-6-2)27-20-28-54-41-31-37-38(32-40(41)52-3)46-34-47-45(37)48-39-29-36(23-24-43(50)51)30-42(53-4)44(39)55-33-35-21-16-15-17-22-35/h15-17,21-24,29-32,34H,5-14,18-20,25-28,33H2,1-4H3,(H,50,51)(H,46,47,48)/b24-23+. The molecular weight excluding hydrogens is 693 g/mol. The van der Waals surface area contributed by atoms with Crippen LogP contribution >= 0.6 is 0 Å². The lowest BCUT2D eigenvalue weighted by atomic mass is 10.1. The maximum atomic E-state index is 11.4. The molecule has 0 aliphatic rings. The van der Waals surface area contributed by atoms with Crippen molar-refractivity contribution in [2.45, 2.75) is 104 Å². The Balaban J connectivity index is 1.51. The number of unbranched alkanes of at least 4 members (excludes halogenated alkanes) is 10. The molecule has 1 aromatic heterocycles.